The first-order valence-corrected chi connectivity index (χ1v) is 7.20. The van der Waals surface area contributed by atoms with Gasteiger partial charge in [0, 0.05) is 12.7 Å². The molecule has 1 aliphatic rings. The second-order valence-corrected chi connectivity index (χ2v) is 5.03. The van der Waals surface area contributed by atoms with E-state index in [2.05, 4.69) is 20.9 Å². The van der Waals surface area contributed by atoms with Crippen molar-refractivity contribution in [3.63, 3.8) is 0 Å². The van der Waals surface area contributed by atoms with Crippen LogP contribution in [0.25, 0.3) is 0 Å². The monoisotopic (exact) mass is 312 g/mol. The highest BCUT2D eigenvalue weighted by molar-refractivity contribution is 5.99. The summed E-state index contributed by atoms with van der Waals surface area (Å²) in [6.07, 6.45) is 3.24. The molecular weight excluding hydrogens is 296 g/mol. The average molecular weight is 312 g/mol. The Labute approximate surface area is 133 Å². The molecule has 3 N–H and O–H groups in total. The molecule has 1 fully saturated rings. The van der Waals surface area contributed by atoms with Gasteiger partial charge in [-0.2, -0.15) is 0 Å². The molecule has 0 aliphatic carbocycles. The van der Waals surface area contributed by atoms with Gasteiger partial charge in [0.25, 0.3) is 0 Å². The molecule has 7 nitrogen and oxygen atoms in total. The molecule has 0 saturated carbocycles. The first-order chi connectivity index (χ1) is 11.2. The van der Waals surface area contributed by atoms with Crippen LogP contribution in [0.4, 0.5) is 5.69 Å². The third kappa shape index (κ3) is 3.83. The summed E-state index contributed by atoms with van der Waals surface area (Å²) in [4.78, 5) is 27.6. The molecule has 23 heavy (non-hydrogen) atoms. The number of aromatic nitrogens is 1. The number of hydrogen-bond donors (Lipinski definition) is 3. The van der Waals surface area contributed by atoms with Crippen LogP contribution in [-0.4, -0.2) is 35.9 Å². The molecule has 3 rings (SSSR count). The number of carbonyl (C=O) groups is 2. The van der Waals surface area contributed by atoms with Gasteiger partial charge in [0.1, 0.15) is 11.8 Å². The number of hydrogen-bond acceptors (Lipinski definition) is 5. The maximum atomic E-state index is 12.3. The summed E-state index contributed by atoms with van der Waals surface area (Å²) < 4.78 is 5.74. The summed E-state index contributed by atoms with van der Waals surface area (Å²) in [5.74, 6) is 0.579. The molecule has 0 radical (unpaired) electrons. The van der Waals surface area contributed by atoms with Crippen molar-refractivity contribution in [2.24, 2.45) is 0 Å². The molecule has 0 spiro atoms. The van der Waals surface area contributed by atoms with Crippen molar-refractivity contribution in [3.05, 3.63) is 48.8 Å². The Hall–Kier alpha value is -2.93. The zero-order valence-electron chi connectivity index (χ0n) is 12.3. The van der Waals surface area contributed by atoms with Gasteiger partial charge in [-0.25, -0.2) is 0 Å². The molecule has 118 valence electrons. The van der Waals surface area contributed by atoms with E-state index in [4.69, 9.17) is 4.74 Å². The van der Waals surface area contributed by atoms with Crippen LogP contribution in [0.15, 0.2) is 48.8 Å². The van der Waals surface area contributed by atoms with Gasteiger partial charge in [0.05, 0.1) is 18.4 Å². The van der Waals surface area contributed by atoms with Gasteiger partial charge in [-0.05, 0) is 24.3 Å². The number of carbonyl (C=O) groups excluding carboxylic acids is 2. The third-order valence-corrected chi connectivity index (χ3v) is 3.29. The zero-order valence-corrected chi connectivity index (χ0v) is 12.3. The van der Waals surface area contributed by atoms with Gasteiger partial charge in [-0.3, -0.25) is 14.6 Å². The fraction of sp³-hybridized carbons (Fsp3) is 0.188. The van der Waals surface area contributed by atoms with Crippen molar-refractivity contribution in [1.82, 2.24) is 15.6 Å². The van der Waals surface area contributed by atoms with E-state index in [0.717, 1.165) is 0 Å². The lowest BCUT2D eigenvalue weighted by molar-refractivity contribution is -0.127. The van der Waals surface area contributed by atoms with Crippen molar-refractivity contribution < 1.29 is 14.3 Å². The predicted octanol–water partition coefficient (Wildman–Crippen LogP) is 0.900. The molecule has 7 heteroatoms. The van der Waals surface area contributed by atoms with Crippen LogP contribution in [0.2, 0.25) is 0 Å². The molecule has 0 bridgehead atoms. The highest BCUT2D eigenvalue weighted by Gasteiger charge is 2.25. The molecule has 1 aliphatic heterocycles. The number of amides is 2. The van der Waals surface area contributed by atoms with E-state index in [1.165, 1.54) is 0 Å². The van der Waals surface area contributed by atoms with Crippen LogP contribution in [0.3, 0.4) is 0 Å². The zero-order chi connectivity index (χ0) is 16.1. The minimum Gasteiger partial charge on any atom is -0.454 e. The van der Waals surface area contributed by atoms with E-state index in [0.29, 0.717) is 23.7 Å². The Balaban J connectivity index is 1.72. The van der Waals surface area contributed by atoms with Crippen LogP contribution in [0.1, 0.15) is 0 Å². The first-order valence-electron chi connectivity index (χ1n) is 7.20. The number of para-hydroxylation sites is 2. The number of ether oxygens (including phenoxy) is 1. The molecule has 2 aromatic rings. The van der Waals surface area contributed by atoms with Crippen LogP contribution < -0.4 is 20.7 Å². The van der Waals surface area contributed by atoms with Crippen molar-refractivity contribution in [1.29, 1.82) is 0 Å². The van der Waals surface area contributed by atoms with E-state index in [1.54, 1.807) is 42.7 Å². The lowest BCUT2D eigenvalue weighted by atomic mass is 10.2. The molecule has 1 atom stereocenters. The summed E-state index contributed by atoms with van der Waals surface area (Å²) in [6.45, 7) is 0.619. The van der Waals surface area contributed by atoms with E-state index in [-0.39, 0.29) is 18.4 Å². The topological polar surface area (TPSA) is 92.4 Å². The van der Waals surface area contributed by atoms with Crippen LogP contribution in [0, 0.1) is 0 Å². The normalized spacial score (nSPS) is 17.2. The Morgan fingerprint density at radius 1 is 1.26 bits per heavy atom. The molecule has 1 aromatic heterocycles. The van der Waals surface area contributed by atoms with Crippen LogP contribution >= 0.6 is 0 Å². The van der Waals surface area contributed by atoms with Gasteiger partial charge >= 0.3 is 0 Å². The van der Waals surface area contributed by atoms with Gasteiger partial charge in [-0.1, -0.05) is 12.1 Å². The van der Waals surface area contributed by atoms with Crippen molar-refractivity contribution >= 4 is 17.5 Å². The standard InChI is InChI=1S/C16H16N4O3/c21-15-10-18-9-13(19-15)16(22)20-12-5-1-2-6-14(12)23-11-4-3-7-17-8-11/h1-8,13,18H,9-10H2,(H,19,21)(H,20,22)/t13-/m1/s1. The lowest BCUT2D eigenvalue weighted by Crippen LogP contribution is -2.57. The number of anilines is 1. The minimum atomic E-state index is -0.609. The summed E-state index contributed by atoms with van der Waals surface area (Å²) in [5.41, 5.74) is 0.529. The van der Waals surface area contributed by atoms with Crippen LogP contribution in [-0.2, 0) is 9.59 Å². The van der Waals surface area contributed by atoms with Gasteiger partial charge in [-0.15, -0.1) is 0 Å². The lowest BCUT2D eigenvalue weighted by Gasteiger charge is -2.23. The summed E-state index contributed by atoms with van der Waals surface area (Å²) in [7, 11) is 0. The fourth-order valence-electron chi connectivity index (χ4n) is 2.20. The van der Waals surface area contributed by atoms with Gasteiger partial charge < -0.3 is 20.7 Å². The maximum Gasteiger partial charge on any atom is 0.248 e. The highest BCUT2D eigenvalue weighted by atomic mass is 16.5. The number of pyridine rings is 1. The van der Waals surface area contributed by atoms with Gasteiger partial charge in [0.15, 0.2) is 5.75 Å². The Morgan fingerprint density at radius 2 is 2.13 bits per heavy atom. The Bertz CT molecular complexity index is 705. The average Bonchev–Trinajstić information content (AvgIpc) is 2.57. The third-order valence-electron chi connectivity index (χ3n) is 3.29. The van der Waals surface area contributed by atoms with Crippen molar-refractivity contribution in [2.45, 2.75) is 6.04 Å². The van der Waals surface area contributed by atoms with Gasteiger partial charge in [0.2, 0.25) is 11.8 Å². The van der Waals surface area contributed by atoms with E-state index in [9.17, 15) is 9.59 Å². The number of piperazine rings is 1. The second kappa shape index (κ2) is 6.89. The largest absolute Gasteiger partial charge is 0.454 e. The Morgan fingerprint density at radius 3 is 2.91 bits per heavy atom. The number of benzene rings is 1. The smallest absolute Gasteiger partial charge is 0.248 e. The minimum absolute atomic E-state index is 0.198. The quantitative estimate of drug-likeness (QED) is 0.780. The number of rotatable bonds is 4. The molecule has 1 saturated heterocycles. The second-order valence-electron chi connectivity index (χ2n) is 5.03. The fourth-order valence-corrected chi connectivity index (χ4v) is 2.20. The maximum absolute atomic E-state index is 12.3. The summed E-state index contributed by atoms with van der Waals surface area (Å²) in [5, 5.41) is 8.32. The number of nitrogens with one attached hydrogen (secondary N) is 3. The van der Waals surface area contributed by atoms with Crippen molar-refractivity contribution in [2.75, 3.05) is 18.4 Å². The molecule has 1 aromatic carbocycles. The van der Waals surface area contributed by atoms with Crippen LogP contribution in [0.5, 0.6) is 11.5 Å². The molecule has 0 unspecified atom stereocenters. The summed E-state index contributed by atoms with van der Waals surface area (Å²) in [6, 6.07) is 10.0. The molecule has 2 heterocycles. The predicted molar refractivity (Wildman–Crippen MR) is 84.2 cm³/mol. The first kappa shape index (κ1) is 15.0. The highest BCUT2D eigenvalue weighted by Crippen LogP contribution is 2.28. The Kier molecular flexibility index (Phi) is 4.49. The summed E-state index contributed by atoms with van der Waals surface area (Å²) >= 11 is 0. The number of nitrogens with zero attached hydrogens (tertiary/aromatic N) is 1. The molecule has 2 amide bonds. The SMILES string of the molecule is O=C1CNC[C@H](C(=O)Nc2ccccc2Oc2cccnc2)N1. The molecular formula is C16H16N4O3. The van der Waals surface area contributed by atoms with E-state index < -0.39 is 6.04 Å². The van der Waals surface area contributed by atoms with E-state index in [1.807, 2.05) is 6.07 Å². The van der Waals surface area contributed by atoms with Crippen molar-refractivity contribution in [3.8, 4) is 11.5 Å². The van der Waals surface area contributed by atoms with E-state index >= 15 is 0 Å².